The second-order valence-corrected chi connectivity index (χ2v) is 3.66. The molecule has 2 rings (SSSR count). The van der Waals surface area contributed by atoms with E-state index in [2.05, 4.69) is 0 Å². The van der Waals surface area contributed by atoms with Gasteiger partial charge in [0, 0.05) is 12.8 Å². The highest BCUT2D eigenvalue weighted by Gasteiger charge is 2.46. The van der Waals surface area contributed by atoms with E-state index < -0.39 is 5.79 Å². The Labute approximate surface area is 65.7 Å². The number of Topliss-reactive ketones (excluding diaryl/α,β-unsaturated/α-hetero) is 1. The summed E-state index contributed by atoms with van der Waals surface area (Å²) in [6.45, 7) is 3.77. The van der Waals surface area contributed by atoms with Crippen LogP contribution in [0.3, 0.4) is 0 Å². The molecule has 0 bridgehead atoms. The van der Waals surface area contributed by atoms with Gasteiger partial charge in [0.15, 0.2) is 5.79 Å². The Morgan fingerprint density at radius 2 is 1.73 bits per heavy atom. The van der Waals surface area contributed by atoms with Crippen molar-refractivity contribution in [3.05, 3.63) is 0 Å². The third kappa shape index (κ3) is 1.19. The molecule has 2 fully saturated rings. The standard InChI is InChI=1S/C8H12O3/c1-8(2)10-6-3-5(9)4-7(6)11-8/h6-7H,3-4H2,1-2H3/t6-,7+. The molecule has 3 nitrogen and oxygen atoms in total. The Hall–Kier alpha value is -0.410. The van der Waals surface area contributed by atoms with Crippen LogP contribution in [0.1, 0.15) is 26.7 Å². The summed E-state index contributed by atoms with van der Waals surface area (Å²) in [5.74, 6) is -0.216. The van der Waals surface area contributed by atoms with Crippen LogP contribution < -0.4 is 0 Å². The van der Waals surface area contributed by atoms with E-state index in [1.165, 1.54) is 0 Å². The maximum atomic E-state index is 10.9. The fourth-order valence-electron chi connectivity index (χ4n) is 1.79. The maximum absolute atomic E-state index is 10.9. The van der Waals surface area contributed by atoms with Crippen molar-refractivity contribution >= 4 is 5.78 Å². The molecule has 0 radical (unpaired) electrons. The second-order valence-electron chi connectivity index (χ2n) is 3.66. The Kier molecular flexibility index (Phi) is 1.35. The molecule has 2 atom stereocenters. The number of hydrogen-bond acceptors (Lipinski definition) is 3. The zero-order valence-electron chi connectivity index (χ0n) is 6.79. The quantitative estimate of drug-likeness (QED) is 0.522. The molecule has 3 heteroatoms. The smallest absolute Gasteiger partial charge is 0.163 e. The Morgan fingerprint density at radius 1 is 1.27 bits per heavy atom. The molecule has 0 unspecified atom stereocenters. The molecule has 0 aromatic carbocycles. The van der Waals surface area contributed by atoms with Gasteiger partial charge >= 0.3 is 0 Å². The monoisotopic (exact) mass is 156 g/mol. The maximum Gasteiger partial charge on any atom is 0.163 e. The number of hydrogen-bond donors (Lipinski definition) is 0. The molecule has 1 aliphatic carbocycles. The fourth-order valence-corrected chi connectivity index (χ4v) is 1.79. The summed E-state index contributed by atoms with van der Waals surface area (Å²) in [4.78, 5) is 10.9. The van der Waals surface area contributed by atoms with Crippen LogP contribution in [-0.2, 0) is 14.3 Å². The van der Waals surface area contributed by atoms with Crippen LogP contribution >= 0.6 is 0 Å². The van der Waals surface area contributed by atoms with Gasteiger partial charge in [-0.1, -0.05) is 0 Å². The van der Waals surface area contributed by atoms with E-state index in [1.807, 2.05) is 13.8 Å². The molecule has 1 aliphatic heterocycles. The van der Waals surface area contributed by atoms with Gasteiger partial charge in [0.1, 0.15) is 5.78 Å². The normalized spacial score (nSPS) is 41.1. The lowest BCUT2D eigenvalue weighted by molar-refractivity contribution is -0.155. The lowest BCUT2D eigenvalue weighted by Gasteiger charge is -2.17. The van der Waals surface area contributed by atoms with Gasteiger partial charge in [-0.2, -0.15) is 0 Å². The van der Waals surface area contributed by atoms with E-state index in [0.29, 0.717) is 12.8 Å². The fraction of sp³-hybridized carbons (Fsp3) is 0.875. The molecule has 2 aliphatic rings. The number of rotatable bonds is 0. The highest BCUT2D eigenvalue weighted by molar-refractivity contribution is 5.82. The summed E-state index contributed by atoms with van der Waals surface area (Å²) in [6.07, 6.45) is 1.12. The van der Waals surface area contributed by atoms with Gasteiger partial charge in [0.2, 0.25) is 0 Å². The summed E-state index contributed by atoms with van der Waals surface area (Å²) in [5.41, 5.74) is 0. The van der Waals surface area contributed by atoms with E-state index in [1.54, 1.807) is 0 Å². The zero-order valence-corrected chi connectivity index (χ0v) is 6.79. The van der Waals surface area contributed by atoms with E-state index in [0.717, 1.165) is 0 Å². The first-order chi connectivity index (χ1) is 5.07. The van der Waals surface area contributed by atoms with Crippen LogP contribution in [0.15, 0.2) is 0 Å². The highest BCUT2D eigenvalue weighted by Crippen LogP contribution is 2.36. The minimum absolute atomic E-state index is 0.0255. The van der Waals surface area contributed by atoms with Crippen LogP contribution in [0.4, 0.5) is 0 Å². The summed E-state index contributed by atoms with van der Waals surface area (Å²) in [7, 11) is 0. The average Bonchev–Trinajstić information content (AvgIpc) is 2.17. The lowest BCUT2D eigenvalue weighted by atomic mass is 10.3. The largest absolute Gasteiger partial charge is 0.344 e. The lowest BCUT2D eigenvalue weighted by Crippen LogP contribution is -2.22. The topological polar surface area (TPSA) is 35.5 Å². The zero-order chi connectivity index (χ0) is 8.06. The Morgan fingerprint density at radius 3 is 2.18 bits per heavy atom. The van der Waals surface area contributed by atoms with E-state index in [9.17, 15) is 4.79 Å². The molecular weight excluding hydrogens is 144 g/mol. The minimum Gasteiger partial charge on any atom is -0.344 e. The van der Waals surface area contributed by atoms with Crippen LogP contribution in [0, 0.1) is 0 Å². The van der Waals surface area contributed by atoms with Crippen molar-refractivity contribution in [3.8, 4) is 0 Å². The van der Waals surface area contributed by atoms with Crippen molar-refractivity contribution in [1.82, 2.24) is 0 Å². The molecule has 0 amide bonds. The van der Waals surface area contributed by atoms with Gasteiger partial charge in [-0.05, 0) is 13.8 Å². The molecule has 1 heterocycles. The van der Waals surface area contributed by atoms with E-state index in [4.69, 9.17) is 9.47 Å². The van der Waals surface area contributed by atoms with Crippen molar-refractivity contribution in [3.63, 3.8) is 0 Å². The van der Waals surface area contributed by atoms with Crippen LogP contribution in [0.5, 0.6) is 0 Å². The van der Waals surface area contributed by atoms with Crippen molar-refractivity contribution in [1.29, 1.82) is 0 Å². The van der Waals surface area contributed by atoms with E-state index >= 15 is 0 Å². The Balaban J connectivity index is 2.09. The molecule has 1 saturated carbocycles. The average molecular weight is 156 g/mol. The van der Waals surface area contributed by atoms with Gasteiger partial charge in [-0.15, -0.1) is 0 Å². The minimum atomic E-state index is -0.476. The predicted molar refractivity (Wildman–Crippen MR) is 38.1 cm³/mol. The van der Waals surface area contributed by atoms with E-state index in [-0.39, 0.29) is 18.0 Å². The predicted octanol–water partition coefficient (Wildman–Crippen LogP) is 0.869. The number of fused-ring (bicyclic) bond motifs is 1. The first kappa shape index (κ1) is 7.25. The number of ketones is 1. The first-order valence-electron chi connectivity index (χ1n) is 3.94. The SMILES string of the molecule is CC1(C)O[C@H]2CC(=O)C[C@H]2O1. The molecule has 62 valence electrons. The Bertz CT molecular complexity index is 180. The number of carbonyl (C=O) groups is 1. The molecule has 0 spiro atoms. The second kappa shape index (κ2) is 2.05. The molecule has 11 heavy (non-hydrogen) atoms. The van der Waals surface area contributed by atoms with Gasteiger partial charge in [0.05, 0.1) is 12.2 Å². The molecular formula is C8H12O3. The van der Waals surface area contributed by atoms with Crippen LogP contribution in [0.2, 0.25) is 0 Å². The van der Waals surface area contributed by atoms with Crippen molar-refractivity contribution in [2.24, 2.45) is 0 Å². The van der Waals surface area contributed by atoms with Crippen LogP contribution in [0.25, 0.3) is 0 Å². The third-order valence-corrected chi connectivity index (χ3v) is 2.14. The van der Waals surface area contributed by atoms with Crippen molar-refractivity contribution in [2.75, 3.05) is 0 Å². The van der Waals surface area contributed by atoms with Crippen LogP contribution in [-0.4, -0.2) is 23.8 Å². The molecule has 0 aromatic heterocycles. The van der Waals surface area contributed by atoms with Crippen molar-refractivity contribution in [2.45, 2.75) is 44.7 Å². The molecule has 0 N–H and O–H groups in total. The number of carbonyl (C=O) groups excluding carboxylic acids is 1. The summed E-state index contributed by atoms with van der Waals surface area (Å²) >= 11 is 0. The summed E-state index contributed by atoms with van der Waals surface area (Å²) in [6, 6.07) is 0. The van der Waals surface area contributed by atoms with Gasteiger partial charge < -0.3 is 9.47 Å². The summed E-state index contributed by atoms with van der Waals surface area (Å²) in [5, 5.41) is 0. The van der Waals surface area contributed by atoms with Gasteiger partial charge in [-0.3, -0.25) is 4.79 Å². The number of ether oxygens (including phenoxy) is 2. The summed E-state index contributed by atoms with van der Waals surface area (Å²) < 4.78 is 11.0. The van der Waals surface area contributed by atoms with Gasteiger partial charge in [-0.25, -0.2) is 0 Å². The third-order valence-electron chi connectivity index (χ3n) is 2.14. The van der Waals surface area contributed by atoms with Gasteiger partial charge in [0.25, 0.3) is 0 Å². The van der Waals surface area contributed by atoms with Crippen molar-refractivity contribution < 1.29 is 14.3 Å². The molecule has 0 aromatic rings. The first-order valence-corrected chi connectivity index (χ1v) is 3.94. The molecule has 1 saturated heterocycles. The highest BCUT2D eigenvalue weighted by atomic mass is 16.8.